The lowest BCUT2D eigenvalue weighted by Gasteiger charge is -2.37. The third-order valence-corrected chi connectivity index (χ3v) is 2.04. The number of rotatable bonds is 3. The summed E-state index contributed by atoms with van der Waals surface area (Å²) in [6.07, 6.45) is -6.81. The van der Waals surface area contributed by atoms with Crippen molar-refractivity contribution in [1.82, 2.24) is 0 Å². The first-order valence-electron chi connectivity index (χ1n) is 4.11. The molecule has 0 spiro atoms. The van der Waals surface area contributed by atoms with Crippen LogP contribution in [0.5, 0.6) is 0 Å². The zero-order chi connectivity index (χ0) is 10.7. The molecule has 1 heterocycles. The summed E-state index contributed by atoms with van der Waals surface area (Å²) >= 11 is 0. The van der Waals surface area contributed by atoms with E-state index in [0.29, 0.717) is 0 Å². The van der Waals surface area contributed by atoms with Gasteiger partial charge in [-0.3, -0.25) is 0 Å². The van der Waals surface area contributed by atoms with E-state index in [-0.39, 0.29) is 6.61 Å². The summed E-state index contributed by atoms with van der Waals surface area (Å²) in [5, 5.41) is 36.8. The predicted octanol–water partition coefficient (Wildman–Crippen LogP) is -2.64. The zero-order valence-corrected chi connectivity index (χ0v) is 7.61. The van der Waals surface area contributed by atoms with Gasteiger partial charge in [-0.1, -0.05) is 0 Å². The van der Waals surface area contributed by atoms with Crippen molar-refractivity contribution in [3.8, 4) is 0 Å². The van der Waals surface area contributed by atoms with Gasteiger partial charge in [-0.25, -0.2) is 9.78 Å². The molecule has 0 amide bonds. The topological polar surface area (TPSA) is 109 Å². The fourth-order valence-corrected chi connectivity index (χ4v) is 1.20. The third-order valence-electron chi connectivity index (χ3n) is 2.04. The first-order chi connectivity index (χ1) is 6.57. The Bertz CT molecular complexity index is 175. The molecular formula is C7H14O7. The lowest BCUT2D eigenvalue weighted by atomic mass is 9.99. The molecule has 0 aromatic rings. The van der Waals surface area contributed by atoms with Crippen molar-refractivity contribution < 1.29 is 34.9 Å². The summed E-state index contributed by atoms with van der Waals surface area (Å²) < 4.78 is 4.77. The lowest BCUT2D eigenvalue weighted by molar-refractivity contribution is -0.333. The largest absolute Gasteiger partial charge is 0.387 e. The second-order valence-corrected chi connectivity index (χ2v) is 2.99. The molecule has 0 bridgehead atoms. The molecule has 1 aliphatic rings. The molecule has 5 unspecified atom stereocenters. The second kappa shape index (κ2) is 4.99. The number of hydrogen-bond donors (Lipinski definition) is 4. The highest BCUT2D eigenvalue weighted by molar-refractivity contribution is 4.88. The van der Waals surface area contributed by atoms with Crippen LogP contribution in [-0.2, 0) is 14.5 Å². The van der Waals surface area contributed by atoms with E-state index in [9.17, 15) is 10.2 Å². The van der Waals surface area contributed by atoms with Crippen molar-refractivity contribution >= 4 is 0 Å². The highest BCUT2D eigenvalue weighted by atomic mass is 17.2. The van der Waals surface area contributed by atoms with Gasteiger partial charge in [-0.2, -0.15) is 0 Å². The van der Waals surface area contributed by atoms with Gasteiger partial charge in [-0.15, -0.1) is 0 Å². The molecule has 1 rings (SSSR count). The van der Waals surface area contributed by atoms with Crippen molar-refractivity contribution in [2.75, 3.05) is 13.7 Å². The normalized spacial score (nSPS) is 43.9. The smallest absolute Gasteiger partial charge is 0.184 e. The lowest BCUT2D eigenvalue weighted by Crippen LogP contribution is -2.58. The van der Waals surface area contributed by atoms with Crippen LogP contribution in [0.3, 0.4) is 0 Å². The highest BCUT2D eigenvalue weighted by Gasteiger charge is 2.43. The second-order valence-electron chi connectivity index (χ2n) is 2.99. The van der Waals surface area contributed by atoms with Gasteiger partial charge in [0, 0.05) is 0 Å². The van der Waals surface area contributed by atoms with Gasteiger partial charge >= 0.3 is 0 Å². The molecule has 84 valence electrons. The fraction of sp³-hybridized carbons (Fsp3) is 1.00. The molecule has 0 saturated carbocycles. The molecular weight excluding hydrogens is 196 g/mol. The Hall–Kier alpha value is -0.280. The van der Waals surface area contributed by atoms with Gasteiger partial charge in [-0.05, 0) is 0 Å². The van der Waals surface area contributed by atoms with Gasteiger partial charge in [0.05, 0.1) is 7.11 Å². The standard InChI is InChI=1S/C7H14O7/c1-12-13-2-3-4(8)5(9)6(10)7(11)14-3/h3-11H,2H2,1H3. The molecule has 14 heavy (non-hydrogen) atoms. The Balaban J connectivity index is 2.52. The van der Waals surface area contributed by atoms with Crippen molar-refractivity contribution in [3.05, 3.63) is 0 Å². The maximum Gasteiger partial charge on any atom is 0.184 e. The SMILES string of the molecule is COOCC1OC(O)C(O)C(O)C1O. The number of hydrogen-bond acceptors (Lipinski definition) is 7. The van der Waals surface area contributed by atoms with E-state index < -0.39 is 30.7 Å². The van der Waals surface area contributed by atoms with Crippen LogP contribution in [0, 0.1) is 0 Å². The van der Waals surface area contributed by atoms with Crippen LogP contribution in [0.15, 0.2) is 0 Å². The van der Waals surface area contributed by atoms with Gasteiger partial charge in [0.2, 0.25) is 0 Å². The molecule has 0 aliphatic carbocycles. The van der Waals surface area contributed by atoms with E-state index in [1.807, 2.05) is 0 Å². The first kappa shape index (κ1) is 11.8. The van der Waals surface area contributed by atoms with E-state index >= 15 is 0 Å². The van der Waals surface area contributed by atoms with Gasteiger partial charge in [0.1, 0.15) is 31.0 Å². The monoisotopic (exact) mass is 210 g/mol. The van der Waals surface area contributed by atoms with Crippen LogP contribution < -0.4 is 0 Å². The van der Waals surface area contributed by atoms with E-state index in [1.165, 1.54) is 7.11 Å². The number of aliphatic hydroxyl groups excluding tert-OH is 4. The highest BCUT2D eigenvalue weighted by Crippen LogP contribution is 2.19. The maximum atomic E-state index is 9.37. The summed E-state index contributed by atoms with van der Waals surface area (Å²) in [5.74, 6) is 0. The molecule has 1 saturated heterocycles. The van der Waals surface area contributed by atoms with Crippen LogP contribution in [0.25, 0.3) is 0 Å². The first-order valence-corrected chi connectivity index (χ1v) is 4.11. The van der Waals surface area contributed by atoms with Crippen LogP contribution in [0.1, 0.15) is 0 Å². The van der Waals surface area contributed by atoms with E-state index in [0.717, 1.165) is 0 Å². The fourth-order valence-electron chi connectivity index (χ4n) is 1.20. The molecule has 7 nitrogen and oxygen atoms in total. The molecule has 1 aliphatic heterocycles. The molecule has 4 N–H and O–H groups in total. The van der Waals surface area contributed by atoms with Crippen molar-refractivity contribution in [2.45, 2.75) is 30.7 Å². The van der Waals surface area contributed by atoms with Crippen LogP contribution in [0.4, 0.5) is 0 Å². The number of ether oxygens (including phenoxy) is 1. The van der Waals surface area contributed by atoms with Crippen molar-refractivity contribution in [3.63, 3.8) is 0 Å². The Morgan fingerprint density at radius 1 is 1.07 bits per heavy atom. The van der Waals surface area contributed by atoms with E-state index in [4.69, 9.17) is 14.9 Å². The van der Waals surface area contributed by atoms with Crippen LogP contribution >= 0.6 is 0 Å². The molecule has 7 heteroatoms. The molecule has 0 aromatic heterocycles. The van der Waals surface area contributed by atoms with Crippen molar-refractivity contribution in [2.24, 2.45) is 0 Å². The Labute approximate surface area is 80.4 Å². The molecule has 5 atom stereocenters. The van der Waals surface area contributed by atoms with Crippen molar-refractivity contribution in [1.29, 1.82) is 0 Å². The quantitative estimate of drug-likeness (QED) is 0.298. The van der Waals surface area contributed by atoms with Gasteiger partial charge in [0.15, 0.2) is 6.29 Å². The summed E-state index contributed by atoms with van der Waals surface area (Å²) in [7, 11) is 1.27. The Morgan fingerprint density at radius 3 is 2.29 bits per heavy atom. The summed E-state index contributed by atoms with van der Waals surface area (Å²) in [6.45, 7) is -0.154. The molecule has 0 radical (unpaired) electrons. The summed E-state index contributed by atoms with van der Waals surface area (Å²) in [4.78, 5) is 8.76. The molecule has 1 fully saturated rings. The molecule has 0 aromatic carbocycles. The average Bonchev–Trinajstić information content (AvgIpc) is 2.18. The Kier molecular flexibility index (Phi) is 4.20. The predicted molar refractivity (Wildman–Crippen MR) is 41.9 cm³/mol. The zero-order valence-electron chi connectivity index (χ0n) is 7.61. The van der Waals surface area contributed by atoms with Crippen LogP contribution in [0.2, 0.25) is 0 Å². The maximum absolute atomic E-state index is 9.37. The number of aliphatic hydroxyl groups is 4. The van der Waals surface area contributed by atoms with E-state index in [1.54, 1.807) is 0 Å². The van der Waals surface area contributed by atoms with Gasteiger partial charge < -0.3 is 25.2 Å². The minimum Gasteiger partial charge on any atom is -0.387 e. The third kappa shape index (κ3) is 2.39. The summed E-state index contributed by atoms with van der Waals surface area (Å²) in [6, 6.07) is 0. The summed E-state index contributed by atoms with van der Waals surface area (Å²) in [5.41, 5.74) is 0. The Morgan fingerprint density at radius 2 is 1.71 bits per heavy atom. The minimum atomic E-state index is -1.54. The van der Waals surface area contributed by atoms with Gasteiger partial charge in [0.25, 0.3) is 0 Å². The van der Waals surface area contributed by atoms with E-state index in [2.05, 4.69) is 9.78 Å². The minimum absolute atomic E-state index is 0.154. The van der Waals surface area contributed by atoms with Crippen LogP contribution in [-0.4, -0.2) is 64.8 Å². The average molecular weight is 210 g/mol.